The van der Waals surface area contributed by atoms with Crippen LogP contribution >= 0.6 is 18.5 Å². The molecule has 41 heavy (non-hydrogen) atoms. The van der Waals surface area contributed by atoms with E-state index in [0.29, 0.717) is 39.7 Å². The number of piperidine rings is 1. The monoisotopic (exact) mass is 629 g/mol. The molecule has 0 radical (unpaired) electrons. The molecule has 3 aromatic rings. The van der Waals surface area contributed by atoms with Gasteiger partial charge in [-0.15, -0.1) is 11.3 Å². The molecular formula is C28H32F4N3O3PS2. The first-order valence-corrected chi connectivity index (χ1v) is 18.2. The van der Waals surface area contributed by atoms with Gasteiger partial charge in [0.05, 0.1) is 39.2 Å². The second-order valence-corrected chi connectivity index (χ2v) is 16.9. The van der Waals surface area contributed by atoms with E-state index in [0.717, 1.165) is 17.6 Å². The van der Waals surface area contributed by atoms with Gasteiger partial charge < -0.3 is 20.1 Å². The van der Waals surface area contributed by atoms with Crippen molar-refractivity contribution in [2.45, 2.75) is 36.1 Å². The van der Waals surface area contributed by atoms with E-state index >= 15 is 0 Å². The number of thiophene rings is 1. The third-order valence-corrected chi connectivity index (χ3v) is 10.7. The lowest BCUT2D eigenvalue weighted by Crippen LogP contribution is -2.46. The van der Waals surface area contributed by atoms with Crippen molar-refractivity contribution in [2.75, 3.05) is 56.9 Å². The zero-order chi connectivity index (χ0) is 30.2. The Morgan fingerprint density at radius 1 is 1.17 bits per heavy atom. The number of rotatable bonds is 7. The summed E-state index contributed by atoms with van der Waals surface area (Å²) in [6.07, 6.45) is -5.08. The molecule has 6 nitrogen and oxygen atoms in total. The maximum Gasteiger partial charge on any atom is 0.393 e. The Balaban J connectivity index is 1.64. The second-order valence-electron chi connectivity index (χ2n) is 10.7. The van der Waals surface area contributed by atoms with Gasteiger partial charge in [-0.05, 0) is 62.0 Å². The lowest BCUT2D eigenvalue weighted by atomic mass is 10.0. The van der Waals surface area contributed by atoms with Crippen LogP contribution in [0, 0.1) is 11.8 Å². The van der Waals surface area contributed by atoms with E-state index in [2.05, 4.69) is 22.5 Å². The standard InChI is InChI=1S/C28H32F4N3O3PS2/c1-35-14-12-22(21(29)17-35)34-24-8-5-7-19-20(16-28(30,31)32)26(40-27(19)24)9-6-13-33-23-11-10-18(41(4,37)38)15-25(23)39(2,3)36/h5,7-8,10-11,15,21-22,33-34H,12-14,16-17H2,1-4H3/t21-,22+/m1/s1. The number of anilines is 2. The van der Waals surface area contributed by atoms with E-state index in [9.17, 15) is 30.5 Å². The summed E-state index contributed by atoms with van der Waals surface area (Å²) in [7, 11) is -4.54. The largest absolute Gasteiger partial charge is 0.393 e. The number of nitrogens with one attached hydrogen (secondary N) is 2. The fraction of sp³-hybridized carbons (Fsp3) is 0.429. The zero-order valence-corrected chi connectivity index (χ0v) is 25.6. The number of hydrogen-bond donors (Lipinski definition) is 2. The molecular weight excluding hydrogens is 597 g/mol. The van der Waals surface area contributed by atoms with Gasteiger partial charge in [0.25, 0.3) is 0 Å². The predicted molar refractivity (Wildman–Crippen MR) is 160 cm³/mol. The minimum Gasteiger partial charge on any atom is -0.378 e. The van der Waals surface area contributed by atoms with Crippen LogP contribution in [-0.4, -0.2) is 78.0 Å². The maximum absolute atomic E-state index is 14.7. The van der Waals surface area contributed by atoms with Crippen molar-refractivity contribution in [3.63, 3.8) is 0 Å². The van der Waals surface area contributed by atoms with E-state index in [4.69, 9.17) is 0 Å². The first-order chi connectivity index (χ1) is 19.0. The molecule has 1 aliphatic rings. The fourth-order valence-corrected chi connectivity index (χ4v) is 7.87. The summed E-state index contributed by atoms with van der Waals surface area (Å²) in [5.41, 5.74) is 1.09. The SMILES string of the molecule is CN1CC[C@H](Nc2cccc3c(CC(F)(F)F)c(C#CCNc4ccc(S(C)(=O)=O)cc4P(C)(C)=O)sc23)[C@H](F)C1. The van der Waals surface area contributed by atoms with Crippen LogP contribution in [0.1, 0.15) is 16.9 Å². The molecule has 1 fully saturated rings. The number of halogens is 4. The summed E-state index contributed by atoms with van der Waals surface area (Å²) in [5, 5.41) is 7.02. The molecule has 1 aromatic heterocycles. The lowest BCUT2D eigenvalue weighted by Gasteiger charge is -2.33. The van der Waals surface area contributed by atoms with Gasteiger partial charge in [0.1, 0.15) is 13.3 Å². The van der Waals surface area contributed by atoms with Crippen LogP contribution in [0.3, 0.4) is 0 Å². The normalized spacial score (nSPS) is 18.6. The number of likely N-dealkylation sites (tertiary alicyclic amines) is 1. The highest BCUT2D eigenvalue weighted by Crippen LogP contribution is 2.40. The Morgan fingerprint density at radius 3 is 2.54 bits per heavy atom. The van der Waals surface area contributed by atoms with Crippen molar-refractivity contribution in [2.24, 2.45) is 0 Å². The third-order valence-electron chi connectivity index (χ3n) is 6.83. The van der Waals surface area contributed by atoms with Gasteiger partial charge in [-0.25, -0.2) is 12.8 Å². The summed E-state index contributed by atoms with van der Waals surface area (Å²) in [5.74, 6) is 5.73. The van der Waals surface area contributed by atoms with Crippen molar-refractivity contribution < 1.29 is 30.5 Å². The summed E-state index contributed by atoms with van der Waals surface area (Å²) < 4.78 is 92.8. The molecule has 0 bridgehead atoms. The first-order valence-electron chi connectivity index (χ1n) is 12.9. The Morgan fingerprint density at radius 2 is 1.90 bits per heavy atom. The van der Waals surface area contributed by atoms with Gasteiger partial charge in [0, 0.05) is 30.3 Å². The van der Waals surface area contributed by atoms with Gasteiger partial charge in [-0.3, -0.25) is 0 Å². The van der Waals surface area contributed by atoms with Crippen molar-refractivity contribution in [3.05, 3.63) is 46.8 Å². The van der Waals surface area contributed by atoms with Crippen LogP contribution < -0.4 is 15.9 Å². The topological polar surface area (TPSA) is 78.5 Å². The van der Waals surface area contributed by atoms with Gasteiger partial charge in [0.15, 0.2) is 9.84 Å². The highest BCUT2D eigenvalue weighted by molar-refractivity contribution is 7.90. The quantitative estimate of drug-likeness (QED) is 0.202. The Hall–Kier alpha value is -2.58. The molecule has 1 aliphatic heterocycles. The van der Waals surface area contributed by atoms with Crippen LogP contribution in [0.2, 0.25) is 0 Å². The summed E-state index contributed by atoms with van der Waals surface area (Å²) in [4.78, 5) is 2.21. The minimum atomic E-state index is -4.45. The number of alkyl halides is 4. The van der Waals surface area contributed by atoms with Crippen LogP contribution in [0.5, 0.6) is 0 Å². The number of benzene rings is 2. The van der Waals surface area contributed by atoms with Crippen molar-refractivity contribution in [3.8, 4) is 11.8 Å². The highest BCUT2D eigenvalue weighted by atomic mass is 32.2. The average molecular weight is 630 g/mol. The lowest BCUT2D eigenvalue weighted by molar-refractivity contribution is -0.126. The number of fused-ring (bicyclic) bond motifs is 1. The fourth-order valence-electron chi connectivity index (χ4n) is 4.78. The second kappa shape index (κ2) is 12.0. The summed E-state index contributed by atoms with van der Waals surface area (Å²) >= 11 is 1.13. The van der Waals surface area contributed by atoms with Gasteiger partial charge in [0.2, 0.25) is 0 Å². The van der Waals surface area contributed by atoms with Crippen LogP contribution in [-0.2, 0) is 20.8 Å². The molecule has 4 rings (SSSR count). The smallest absolute Gasteiger partial charge is 0.378 e. The average Bonchev–Trinajstić information content (AvgIpc) is 3.19. The summed E-state index contributed by atoms with van der Waals surface area (Å²) in [6, 6.07) is 8.88. The van der Waals surface area contributed by atoms with Gasteiger partial charge in [-0.2, -0.15) is 13.2 Å². The minimum absolute atomic E-state index is 0.0230. The zero-order valence-electron chi connectivity index (χ0n) is 23.1. The Bertz CT molecular complexity index is 1660. The first kappa shape index (κ1) is 31.4. The molecule has 222 valence electrons. The molecule has 2 heterocycles. The maximum atomic E-state index is 14.7. The van der Waals surface area contributed by atoms with Crippen molar-refractivity contribution in [1.82, 2.24) is 4.90 Å². The molecule has 0 unspecified atom stereocenters. The Labute approximate surface area is 241 Å². The number of nitrogens with zero attached hydrogens (tertiary/aromatic N) is 1. The van der Waals surface area contributed by atoms with E-state index in [-0.39, 0.29) is 28.4 Å². The van der Waals surface area contributed by atoms with Gasteiger partial charge in [-0.1, -0.05) is 24.0 Å². The van der Waals surface area contributed by atoms with Crippen LogP contribution in [0.25, 0.3) is 10.1 Å². The molecule has 13 heteroatoms. The number of hydrogen-bond acceptors (Lipinski definition) is 7. The predicted octanol–water partition coefficient (Wildman–Crippen LogP) is 5.58. The molecule has 0 saturated carbocycles. The number of sulfone groups is 1. The molecule has 0 amide bonds. The van der Waals surface area contributed by atoms with E-state index in [1.54, 1.807) is 18.2 Å². The van der Waals surface area contributed by atoms with Crippen LogP contribution in [0.4, 0.5) is 28.9 Å². The van der Waals surface area contributed by atoms with E-state index in [1.165, 1.54) is 31.5 Å². The van der Waals surface area contributed by atoms with E-state index in [1.807, 2.05) is 11.9 Å². The van der Waals surface area contributed by atoms with Crippen molar-refractivity contribution >= 4 is 55.1 Å². The van der Waals surface area contributed by atoms with E-state index < -0.39 is 41.8 Å². The summed E-state index contributed by atoms with van der Waals surface area (Å²) in [6.45, 7) is 4.06. The third kappa shape index (κ3) is 7.83. The van der Waals surface area contributed by atoms with Crippen LogP contribution in [0.15, 0.2) is 41.3 Å². The molecule has 2 atom stereocenters. The molecule has 2 N–H and O–H groups in total. The highest BCUT2D eigenvalue weighted by Gasteiger charge is 2.32. The molecule has 1 saturated heterocycles. The molecule has 0 aliphatic carbocycles. The van der Waals surface area contributed by atoms with Gasteiger partial charge >= 0.3 is 6.18 Å². The molecule has 2 aromatic carbocycles. The molecule has 0 spiro atoms. The Kier molecular flexibility index (Phi) is 9.15. The van der Waals surface area contributed by atoms with Crippen molar-refractivity contribution in [1.29, 1.82) is 0 Å².